The number of hydrogen-bond donors (Lipinski definition) is 2. The van der Waals surface area contributed by atoms with E-state index in [0.717, 1.165) is 25.1 Å². The Kier molecular flexibility index (Phi) is 4.28. The first kappa shape index (κ1) is 14.2. The van der Waals surface area contributed by atoms with Crippen molar-refractivity contribution in [2.75, 3.05) is 6.61 Å². The molecule has 21 heavy (non-hydrogen) atoms. The van der Waals surface area contributed by atoms with Crippen molar-refractivity contribution in [3.63, 3.8) is 0 Å². The molecule has 6 nitrogen and oxygen atoms in total. The van der Waals surface area contributed by atoms with Crippen LogP contribution in [0.5, 0.6) is 0 Å². The Labute approximate surface area is 124 Å². The van der Waals surface area contributed by atoms with Gasteiger partial charge in [0.15, 0.2) is 0 Å². The van der Waals surface area contributed by atoms with Crippen LogP contribution in [0.15, 0.2) is 30.5 Å². The van der Waals surface area contributed by atoms with E-state index in [2.05, 4.69) is 40.9 Å². The van der Waals surface area contributed by atoms with Gasteiger partial charge in [-0.2, -0.15) is 0 Å². The van der Waals surface area contributed by atoms with Gasteiger partial charge in [0, 0.05) is 6.54 Å². The first-order valence-corrected chi connectivity index (χ1v) is 7.39. The summed E-state index contributed by atoms with van der Waals surface area (Å²) in [5.41, 5.74) is 6.36. The zero-order valence-electron chi connectivity index (χ0n) is 12.2. The summed E-state index contributed by atoms with van der Waals surface area (Å²) in [7, 11) is 0. The average Bonchev–Trinajstić information content (AvgIpc) is 2.97. The SMILES string of the molecule is CCCn1nncc1C(NN)C1OCCc2ccccc21. The van der Waals surface area contributed by atoms with Crippen molar-refractivity contribution in [3.8, 4) is 0 Å². The van der Waals surface area contributed by atoms with E-state index in [1.807, 2.05) is 10.7 Å². The lowest BCUT2D eigenvalue weighted by Crippen LogP contribution is -2.37. The van der Waals surface area contributed by atoms with Gasteiger partial charge in [-0.15, -0.1) is 5.10 Å². The molecule has 1 aliphatic rings. The van der Waals surface area contributed by atoms with Crippen LogP contribution >= 0.6 is 0 Å². The number of hydrazine groups is 1. The number of ether oxygens (including phenoxy) is 1. The molecule has 1 aromatic carbocycles. The number of hydrogen-bond acceptors (Lipinski definition) is 5. The molecule has 3 rings (SSSR count). The summed E-state index contributed by atoms with van der Waals surface area (Å²) >= 11 is 0. The molecule has 0 saturated carbocycles. The van der Waals surface area contributed by atoms with E-state index < -0.39 is 0 Å². The average molecular weight is 287 g/mol. The highest BCUT2D eigenvalue weighted by atomic mass is 16.5. The van der Waals surface area contributed by atoms with Crippen LogP contribution in [0.3, 0.4) is 0 Å². The minimum Gasteiger partial charge on any atom is -0.371 e. The van der Waals surface area contributed by atoms with Crippen molar-refractivity contribution >= 4 is 0 Å². The molecule has 2 atom stereocenters. The maximum absolute atomic E-state index is 6.00. The standard InChI is InChI=1S/C15H21N5O/c1-2-8-20-13(10-17-19-20)14(18-16)15-12-6-4-3-5-11(12)7-9-21-15/h3-6,10,14-15,18H,2,7-9,16H2,1H3. The first-order chi connectivity index (χ1) is 10.3. The van der Waals surface area contributed by atoms with E-state index in [4.69, 9.17) is 10.6 Å². The maximum atomic E-state index is 6.00. The highest BCUT2D eigenvalue weighted by molar-refractivity contribution is 5.33. The molecule has 0 radical (unpaired) electrons. The number of nitrogens with zero attached hydrogens (tertiary/aromatic N) is 3. The largest absolute Gasteiger partial charge is 0.371 e. The van der Waals surface area contributed by atoms with E-state index in [-0.39, 0.29) is 12.1 Å². The Bertz CT molecular complexity index is 597. The van der Waals surface area contributed by atoms with E-state index >= 15 is 0 Å². The topological polar surface area (TPSA) is 78.0 Å². The lowest BCUT2D eigenvalue weighted by molar-refractivity contribution is 0.0126. The summed E-state index contributed by atoms with van der Waals surface area (Å²) in [5, 5.41) is 8.16. The normalized spacial score (nSPS) is 19.2. The number of aromatic nitrogens is 3. The molecular weight excluding hydrogens is 266 g/mol. The van der Waals surface area contributed by atoms with Gasteiger partial charge in [-0.1, -0.05) is 36.4 Å². The van der Waals surface area contributed by atoms with Crippen LogP contribution in [-0.2, 0) is 17.7 Å². The molecule has 0 saturated heterocycles. The van der Waals surface area contributed by atoms with Gasteiger partial charge in [-0.05, 0) is 24.0 Å². The van der Waals surface area contributed by atoms with Crippen molar-refractivity contribution < 1.29 is 4.74 Å². The predicted molar refractivity (Wildman–Crippen MR) is 79.2 cm³/mol. The van der Waals surface area contributed by atoms with Crippen LogP contribution in [0.1, 0.15) is 42.3 Å². The molecule has 2 heterocycles. The van der Waals surface area contributed by atoms with Crippen molar-refractivity contribution in [2.24, 2.45) is 5.84 Å². The quantitative estimate of drug-likeness (QED) is 0.644. The highest BCUT2D eigenvalue weighted by Crippen LogP contribution is 2.36. The smallest absolute Gasteiger partial charge is 0.105 e. The van der Waals surface area contributed by atoms with Gasteiger partial charge in [0.1, 0.15) is 6.10 Å². The lowest BCUT2D eigenvalue weighted by Gasteiger charge is -2.32. The highest BCUT2D eigenvalue weighted by Gasteiger charge is 2.31. The van der Waals surface area contributed by atoms with Gasteiger partial charge < -0.3 is 4.74 Å². The van der Waals surface area contributed by atoms with Gasteiger partial charge in [0.2, 0.25) is 0 Å². The van der Waals surface area contributed by atoms with Crippen LogP contribution in [-0.4, -0.2) is 21.6 Å². The maximum Gasteiger partial charge on any atom is 0.105 e. The molecular formula is C15H21N5O. The van der Waals surface area contributed by atoms with Crippen LogP contribution in [0, 0.1) is 0 Å². The Morgan fingerprint density at radius 3 is 3.14 bits per heavy atom. The third-order valence-electron chi connectivity index (χ3n) is 3.91. The van der Waals surface area contributed by atoms with Crippen molar-refractivity contribution in [1.82, 2.24) is 20.4 Å². The molecule has 6 heteroatoms. The number of benzene rings is 1. The molecule has 112 valence electrons. The van der Waals surface area contributed by atoms with Crippen LogP contribution in [0.4, 0.5) is 0 Å². The zero-order chi connectivity index (χ0) is 14.7. The van der Waals surface area contributed by atoms with E-state index in [9.17, 15) is 0 Å². The number of nitrogens with two attached hydrogens (primary N) is 1. The third kappa shape index (κ3) is 2.70. The summed E-state index contributed by atoms with van der Waals surface area (Å²) < 4.78 is 7.90. The second-order valence-corrected chi connectivity index (χ2v) is 5.27. The summed E-state index contributed by atoms with van der Waals surface area (Å²) in [6.07, 6.45) is 3.58. The summed E-state index contributed by atoms with van der Waals surface area (Å²) in [6.45, 7) is 3.64. The Balaban J connectivity index is 1.96. The number of nitrogens with one attached hydrogen (secondary N) is 1. The fraction of sp³-hybridized carbons (Fsp3) is 0.467. The minimum atomic E-state index is -0.159. The second-order valence-electron chi connectivity index (χ2n) is 5.27. The molecule has 1 aromatic heterocycles. The molecule has 0 amide bonds. The van der Waals surface area contributed by atoms with Gasteiger partial charge in [0.05, 0.1) is 24.5 Å². The monoisotopic (exact) mass is 287 g/mol. The Hall–Kier alpha value is -1.76. The van der Waals surface area contributed by atoms with Gasteiger partial charge >= 0.3 is 0 Å². The summed E-state index contributed by atoms with van der Waals surface area (Å²) in [5.74, 6) is 5.82. The molecule has 0 fully saturated rings. The number of fused-ring (bicyclic) bond motifs is 1. The summed E-state index contributed by atoms with van der Waals surface area (Å²) in [6, 6.07) is 8.20. The van der Waals surface area contributed by atoms with Crippen LogP contribution < -0.4 is 11.3 Å². The van der Waals surface area contributed by atoms with Gasteiger partial charge in [-0.25, -0.2) is 10.1 Å². The van der Waals surface area contributed by atoms with Crippen LogP contribution in [0.2, 0.25) is 0 Å². The number of aryl methyl sites for hydroxylation is 1. The molecule has 0 bridgehead atoms. The third-order valence-corrected chi connectivity index (χ3v) is 3.91. The van der Waals surface area contributed by atoms with E-state index in [1.165, 1.54) is 11.1 Å². The van der Waals surface area contributed by atoms with Crippen molar-refractivity contribution in [1.29, 1.82) is 0 Å². The van der Waals surface area contributed by atoms with E-state index in [0.29, 0.717) is 6.61 Å². The van der Waals surface area contributed by atoms with Crippen molar-refractivity contribution in [3.05, 3.63) is 47.3 Å². The Morgan fingerprint density at radius 1 is 1.48 bits per heavy atom. The molecule has 0 aliphatic carbocycles. The zero-order valence-corrected chi connectivity index (χ0v) is 12.2. The van der Waals surface area contributed by atoms with E-state index in [1.54, 1.807) is 6.20 Å². The van der Waals surface area contributed by atoms with Crippen LogP contribution in [0.25, 0.3) is 0 Å². The number of rotatable bonds is 5. The predicted octanol–water partition coefficient (Wildman–Crippen LogP) is 1.51. The molecule has 3 N–H and O–H groups in total. The molecule has 2 unspecified atom stereocenters. The molecule has 2 aromatic rings. The fourth-order valence-electron chi connectivity index (χ4n) is 2.92. The molecule has 1 aliphatic heterocycles. The van der Waals surface area contributed by atoms with Crippen molar-refractivity contribution in [2.45, 2.75) is 38.5 Å². The summed E-state index contributed by atoms with van der Waals surface area (Å²) in [4.78, 5) is 0. The lowest BCUT2D eigenvalue weighted by atomic mass is 9.92. The van der Waals surface area contributed by atoms with Gasteiger partial charge in [-0.3, -0.25) is 5.84 Å². The minimum absolute atomic E-state index is 0.117. The first-order valence-electron chi connectivity index (χ1n) is 7.39. The second kappa shape index (κ2) is 6.34. The fourth-order valence-corrected chi connectivity index (χ4v) is 2.92. The molecule has 0 spiro atoms. The Morgan fingerprint density at radius 2 is 2.33 bits per heavy atom. The van der Waals surface area contributed by atoms with Gasteiger partial charge in [0.25, 0.3) is 0 Å².